The number of aryl methyl sites for hydroxylation is 1. The molecule has 0 radical (unpaired) electrons. The van der Waals surface area contributed by atoms with Gasteiger partial charge in [0.2, 0.25) is 0 Å². The van der Waals surface area contributed by atoms with Crippen LogP contribution in [0.1, 0.15) is 103 Å². The molecule has 2 unspecified atom stereocenters. The SMILES string of the molecule is Cc1sc(C#N)nc1[C@@H](C1CCC1)C1CCCC(n2cc3c(C(F)(F)F)cc(CN4CCC[C@H](C)C4)cn3c2=O)C1. The number of hydrogen-bond donors (Lipinski definition) is 0. The van der Waals surface area contributed by atoms with Gasteiger partial charge in [-0.25, -0.2) is 9.78 Å². The molecule has 6 rings (SSSR count). The van der Waals surface area contributed by atoms with Crippen molar-refractivity contribution in [3.63, 3.8) is 0 Å². The minimum atomic E-state index is -4.56. The van der Waals surface area contributed by atoms with E-state index in [1.54, 1.807) is 10.8 Å². The summed E-state index contributed by atoms with van der Waals surface area (Å²) >= 11 is 1.44. The summed E-state index contributed by atoms with van der Waals surface area (Å²) in [6.45, 7) is 6.33. The van der Waals surface area contributed by atoms with E-state index in [9.17, 15) is 23.2 Å². The first-order valence-corrected chi connectivity index (χ1v) is 15.9. The average Bonchev–Trinajstić information content (AvgIpc) is 3.44. The molecule has 0 aromatic carbocycles. The first-order chi connectivity index (χ1) is 19.6. The Morgan fingerprint density at radius 3 is 2.54 bits per heavy atom. The highest BCUT2D eigenvalue weighted by Gasteiger charge is 2.40. The van der Waals surface area contributed by atoms with Crippen molar-refractivity contribution in [3.05, 3.63) is 55.6 Å². The number of hydrogen-bond acceptors (Lipinski definition) is 5. The molecular formula is C31H38F3N5OS. The van der Waals surface area contributed by atoms with Crippen molar-refractivity contribution in [1.82, 2.24) is 18.9 Å². The van der Waals surface area contributed by atoms with Crippen molar-refractivity contribution in [3.8, 4) is 6.07 Å². The van der Waals surface area contributed by atoms with E-state index in [0.717, 1.165) is 75.0 Å². The zero-order valence-electron chi connectivity index (χ0n) is 23.8. The van der Waals surface area contributed by atoms with Gasteiger partial charge in [0.05, 0.1) is 16.8 Å². The van der Waals surface area contributed by atoms with E-state index in [0.29, 0.717) is 29.0 Å². The van der Waals surface area contributed by atoms with Gasteiger partial charge in [0, 0.05) is 42.3 Å². The predicted molar refractivity (Wildman–Crippen MR) is 153 cm³/mol. The molecule has 41 heavy (non-hydrogen) atoms. The van der Waals surface area contributed by atoms with E-state index in [2.05, 4.69) is 17.9 Å². The molecule has 0 bridgehead atoms. The Hall–Kier alpha value is -2.64. The normalized spacial score (nSPS) is 25.2. The highest BCUT2D eigenvalue weighted by atomic mass is 32.1. The van der Waals surface area contributed by atoms with Crippen LogP contribution >= 0.6 is 11.3 Å². The molecule has 0 spiro atoms. The van der Waals surface area contributed by atoms with Crippen molar-refractivity contribution >= 4 is 16.9 Å². The van der Waals surface area contributed by atoms with Crippen molar-refractivity contribution in [2.75, 3.05) is 13.1 Å². The summed E-state index contributed by atoms with van der Waals surface area (Å²) in [7, 11) is 0. The maximum Gasteiger partial charge on any atom is 0.418 e. The Morgan fingerprint density at radius 1 is 1.12 bits per heavy atom. The zero-order valence-corrected chi connectivity index (χ0v) is 24.6. The van der Waals surface area contributed by atoms with E-state index in [1.165, 1.54) is 34.4 Å². The minimum Gasteiger partial charge on any atom is -0.299 e. The molecule has 3 aliphatic rings. The van der Waals surface area contributed by atoms with Crippen LogP contribution in [0.25, 0.3) is 5.52 Å². The third kappa shape index (κ3) is 5.60. The fraction of sp³-hybridized carbons (Fsp3) is 0.645. The molecule has 0 N–H and O–H groups in total. The lowest BCUT2D eigenvalue weighted by atomic mass is 9.65. The van der Waals surface area contributed by atoms with Gasteiger partial charge in [-0.05, 0) is 87.8 Å². The van der Waals surface area contributed by atoms with Crippen LogP contribution in [0.2, 0.25) is 0 Å². The van der Waals surface area contributed by atoms with Crippen molar-refractivity contribution < 1.29 is 13.2 Å². The molecule has 4 atom stereocenters. The van der Waals surface area contributed by atoms with Crippen LogP contribution in [0.3, 0.4) is 0 Å². The number of nitrogens with zero attached hydrogens (tertiary/aromatic N) is 5. The Labute approximate surface area is 242 Å². The number of rotatable bonds is 6. The number of pyridine rings is 1. The topological polar surface area (TPSA) is 66.3 Å². The van der Waals surface area contributed by atoms with E-state index >= 15 is 0 Å². The number of halogens is 3. The van der Waals surface area contributed by atoms with Crippen LogP contribution in [-0.4, -0.2) is 31.9 Å². The molecule has 10 heteroatoms. The molecule has 3 aromatic rings. The fourth-order valence-electron chi connectivity index (χ4n) is 7.70. The van der Waals surface area contributed by atoms with Crippen LogP contribution in [0.5, 0.6) is 0 Å². The second-order valence-electron chi connectivity index (χ2n) is 12.7. The number of piperidine rings is 1. The standard InChI is InChI=1S/C31H38F3N5OS/c1-19-6-5-11-37(15-19)16-21-12-25(31(32,33)34)26-18-38(30(40)39(26)17-21)24-10-4-9-23(13-24)28(22-7-3-8-22)29-20(2)41-27(14-35)36-29/h12,17-19,22-24,28H,3-11,13,15-16H2,1-2H3/t19-,23?,24?,28-/m0/s1. The number of alkyl halides is 3. The predicted octanol–water partition coefficient (Wildman–Crippen LogP) is 7.30. The van der Waals surface area contributed by atoms with Gasteiger partial charge in [0.1, 0.15) is 6.07 Å². The molecule has 1 saturated heterocycles. The van der Waals surface area contributed by atoms with Gasteiger partial charge in [-0.3, -0.25) is 13.9 Å². The van der Waals surface area contributed by atoms with Crippen LogP contribution in [0.15, 0.2) is 23.3 Å². The second kappa shape index (κ2) is 11.2. The first kappa shape index (κ1) is 28.5. The van der Waals surface area contributed by atoms with E-state index < -0.39 is 11.7 Å². The van der Waals surface area contributed by atoms with Crippen LogP contribution in [-0.2, 0) is 12.7 Å². The van der Waals surface area contributed by atoms with E-state index in [4.69, 9.17) is 4.98 Å². The van der Waals surface area contributed by atoms with Gasteiger partial charge in [0.15, 0.2) is 5.01 Å². The number of nitriles is 1. The summed E-state index contributed by atoms with van der Waals surface area (Å²) in [4.78, 5) is 21.7. The summed E-state index contributed by atoms with van der Waals surface area (Å²) < 4.78 is 45.8. The van der Waals surface area contributed by atoms with Crippen LogP contribution in [0, 0.1) is 36.0 Å². The summed E-state index contributed by atoms with van der Waals surface area (Å²) in [6, 6.07) is 3.27. The third-order valence-electron chi connectivity index (χ3n) is 9.79. The Balaban J connectivity index is 1.33. The summed E-state index contributed by atoms with van der Waals surface area (Å²) in [5.41, 5.74) is 0.356. The number of imidazole rings is 1. The lowest BCUT2D eigenvalue weighted by Crippen LogP contribution is -2.34. The Morgan fingerprint density at radius 2 is 1.88 bits per heavy atom. The monoisotopic (exact) mass is 585 g/mol. The molecule has 1 aliphatic heterocycles. The smallest absolute Gasteiger partial charge is 0.299 e. The molecule has 3 aromatic heterocycles. The van der Waals surface area contributed by atoms with Gasteiger partial charge in [0.25, 0.3) is 0 Å². The number of aromatic nitrogens is 3. The molecule has 3 fully saturated rings. The molecule has 4 heterocycles. The Kier molecular flexibility index (Phi) is 7.79. The quantitative estimate of drug-likeness (QED) is 0.304. The molecule has 2 saturated carbocycles. The van der Waals surface area contributed by atoms with Crippen molar-refractivity contribution in [1.29, 1.82) is 5.26 Å². The average molecular weight is 586 g/mol. The van der Waals surface area contributed by atoms with E-state index in [1.807, 2.05) is 6.92 Å². The third-order valence-corrected chi connectivity index (χ3v) is 10.7. The molecule has 220 valence electrons. The minimum absolute atomic E-state index is 0.0649. The molecule has 6 nitrogen and oxygen atoms in total. The highest BCUT2D eigenvalue weighted by molar-refractivity contribution is 7.12. The lowest BCUT2D eigenvalue weighted by molar-refractivity contribution is -0.136. The zero-order chi connectivity index (χ0) is 28.9. The summed E-state index contributed by atoms with van der Waals surface area (Å²) in [5, 5.41) is 9.93. The number of fused-ring (bicyclic) bond motifs is 1. The Bertz CT molecular complexity index is 1510. The van der Waals surface area contributed by atoms with Gasteiger partial charge >= 0.3 is 11.9 Å². The molecule has 2 aliphatic carbocycles. The van der Waals surface area contributed by atoms with Crippen molar-refractivity contribution in [2.24, 2.45) is 17.8 Å². The summed E-state index contributed by atoms with van der Waals surface area (Å²) in [5.74, 6) is 1.52. The van der Waals surface area contributed by atoms with Crippen molar-refractivity contribution in [2.45, 2.75) is 96.3 Å². The van der Waals surface area contributed by atoms with Gasteiger partial charge < -0.3 is 0 Å². The van der Waals surface area contributed by atoms with Crippen LogP contribution in [0.4, 0.5) is 13.2 Å². The molecule has 0 amide bonds. The maximum atomic E-state index is 14.3. The number of thiazole rings is 1. The highest BCUT2D eigenvalue weighted by Crippen LogP contribution is 2.50. The maximum absolute atomic E-state index is 14.3. The number of likely N-dealkylation sites (tertiary alicyclic amines) is 1. The molecular weight excluding hydrogens is 547 g/mol. The van der Waals surface area contributed by atoms with Gasteiger partial charge in [-0.1, -0.05) is 19.8 Å². The lowest BCUT2D eigenvalue weighted by Gasteiger charge is -2.41. The summed E-state index contributed by atoms with van der Waals surface area (Å²) in [6.07, 6.45) is 7.57. The van der Waals surface area contributed by atoms with Gasteiger partial charge in [-0.2, -0.15) is 18.4 Å². The van der Waals surface area contributed by atoms with Crippen LogP contribution < -0.4 is 5.69 Å². The van der Waals surface area contributed by atoms with Gasteiger partial charge in [-0.15, -0.1) is 11.3 Å². The first-order valence-electron chi connectivity index (χ1n) is 15.1. The fourth-order valence-corrected chi connectivity index (χ4v) is 8.47. The largest absolute Gasteiger partial charge is 0.418 e. The second-order valence-corrected chi connectivity index (χ2v) is 13.9. The van der Waals surface area contributed by atoms with E-state index in [-0.39, 0.29) is 29.1 Å².